The van der Waals surface area contributed by atoms with Crippen molar-refractivity contribution in [2.75, 3.05) is 19.6 Å². The molecule has 1 fully saturated rings. The van der Waals surface area contributed by atoms with E-state index in [2.05, 4.69) is 55.7 Å². The normalized spacial score (nSPS) is 19.9. The van der Waals surface area contributed by atoms with Crippen LogP contribution < -0.4 is 10.6 Å². The van der Waals surface area contributed by atoms with Gasteiger partial charge in [-0.2, -0.15) is 0 Å². The van der Waals surface area contributed by atoms with Crippen molar-refractivity contribution in [2.24, 2.45) is 11.8 Å². The fourth-order valence-electron chi connectivity index (χ4n) is 3.34. The third-order valence-electron chi connectivity index (χ3n) is 4.88. The number of amides is 3. The number of aryl methyl sites for hydroxylation is 1. The number of rotatable bonds is 6. The predicted molar refractivity (Wildman–Crippen MR) is 105 cm³/mol. The van der Waals surface area contributed by atoms with Gasteiger partial charge < -0.3 is 15.5 Å². The molecule has 5 heteroatoms. The molecule has 0 aromatic heterocycles. The van der Waals surface area contributed by atoms with Crippen molar-refractivity contribution in [3.8, 4) is 0 Å². The number of hydrogen-bond acceptors (Lipinski definition) is 2. The van der Waals surface area contributed by atoms with Crippen LogP contribution in [0.5, 0.6) is 0 Å². The maximum absolute atomic E-state index is 12.8. The summed E-state index contributed by atoms with van der Waals surface area (Å²) >= 11 is 0. The Morgan fingerprint density at radius 2 is 1.77 bits per heavy atom. The molecule has 144 valence electrons. The number of hydrogen-bond donors (Lipinski definition) is 2. The number of benzene rings is 1. The zero-order chi connectivity index (χ0) is 19.3. The third kappa shape index (κ3) is 5.48. The van der Waals surface area contributed by atoms with Crippen LogP contribution in [0.4, 0.5) is 4.79 Å². The molecule has 2 unspecified atom stereocenters. The Bertz CT molecular complexity index is 610. The van der Waals surface area contributed by atoms with Gasteiger partial charge in [-0.15, -0.1) is 0 Å². The lowest BCUT2D eigenvalue weighted by Crippen LogP contribution is -2.42. The molecule has 0 bridgehead atoms. The molecule has 1 aromatic carbocycles. The molecule has 1 aliphatic heterocycles. The topological polar surface area (TPSA) is 61.4 Å². The lowest BCUT2D eigenvalue weighted by molar-refractivity contribution is -0.124. The number of carbonyl (C=O) groups is 2. The molecule has 0 saturated carbocycles. The van der Waals surface area contributed by atoms with Gasteiger partial charge in [-0.3, -0.25) is 4.79 Å². The number of urea groups is 1. The van der Waals surface area contributed by atoms with Crippen molar-refractivity contribution in [3.05, 3.63) is 35.4 Å². The second kappa shape index (κ2) is 9.06. The van der Waals surface area contributed by atoms with E-state index in [0.717, 1.165) is 12.0 Å². The summed E-state index contributed by atoms with van der Waals surface area (Å²) in [6.45, 7) is 12.0. The van der Waals surface area contributed by atoms with Crippen LogP contribution in [0.15, 0.2) is 24.3 Å². The van der Waals surface area contributed by atoms with Gasteiger partial charge in [0, 0.05) is 31.6 Å². The zero-order valence-electron chi connectivity index (χ0n) is 16.7. The maximum Gasteiger partial charge on any atom is 0.317 e. The third-order valence-corrected chi connectivity index (χ3v) is 4.88. The molecule has 2 atom stereocenters. The minimum absolute atomic E-state index is 0.0348. The van der Waals surface area contributed by atoms with Gasteiger partial charge >= 0.3 is 6.03 Å². The molecule has 2 N–H and O–H groups in total. The highest BCUT2D eigenvalue weighted by Crippen LogP contribution is 2.33. The van der Waals surface area contributed by atoms with Gasteiger partial charge in [0.05, 0.1) is 5.92 Å². The summed E-state index contributed by atoms with van der Waals surface area (Å²) in [5, 5.41) is 6.01. The molecule has 1 saturated heterocycles. The van der Waals surface area contributed by atoms with Crippen molar-refractivity contribution in [1.82, 2.24) is 15.5 Å². The fraction of sp³-hybridized carbons (Fsp3) is 0.619. The molecule has 2 rings (SSSR count). The van der Waals surface area contributed by atoms with Gasteiger partial charge in [0.15, 0.2) is 0 Å². The van der Waals surface area contributed by atoms with Crippen molar-refractivity contribution >= 4 is 11.9 Å². The first-order valence-corrected chi connectivity index (χ1v) is 9.67. The van der Waals surface area contributed by atoms with Gasteiger partial charge in [0.1, 0.15) is 0 Å². The van der Waals surface area contributed by atoms with Crippen LogP contribution >= 0.6 is 0 Å². The highest BCUT2D eigenvalue weighted by molar-refractivity contribution is 5.83. The number of carbonyl (C=O) groups excluding carboxylic acids is 2. The fourth-order valence-corrected chi connectivity index (χ4v) is 3.34. The largest absolute Gasteiger partial charge is 0.356 e. The summed E-state index contributed by atoms with van der Waals surface area (Å²) in [5.41, 5.74) is 2.32. The van der Waals surface area contributed by atoms with Crippen molar-refractivity contribution < 1.29 is 9.59 Å². The molecule has 1 heterocycles. The van der Waals surface area contributed by atoms with Crippen LogP contribution in [-0.2, 0) is 4.79 Å². The molecule has 0 radical (unpaired) electrons. The van der Waals surface area contributed by atoms with E-state index in [1.54, 1.807) is 4.90 Å². The van der Waals surface area contributed by atoms with Gasteiger partial charge in [0.2, 0.25) is 5.91 Å². The van der Waals surface area contributed by atoms with Gasteiger partial charge in [-0.25, -0.2) is 4.79 Å². The summed E-state index contributed by atoms with van der Waals surface area (Å²) in [4.78, 5) is 27.0. The van der Waals surface area contributed by atoms with E-state index < -0.39 is 0 Å². The average Bonchev–Trinajstić information content (AvgIpc) is 3.00. The summed E-state index contributed by atoms with van der Waals surface area (Å²) < 4.78 is 0. The molecular weight excluding hydrogens is 326 g/mol. The molecule has 1 aliphatic rings. The van der Waals surface area contributed by atoms with E-state index in [1.165, 1.54) is 5.56 Å². The van der Waals surface area contributed by atoms with Gasteiger partial charge in [-0.1, -0.05) is 43.7 Å². The quantitative estimate of drug-likeness (QED) is 0.819. The van der Waals surface area contributed by atoms with E-state index in [0.29, 0.717) is 25.6 Å². The van der Waals surface area contributed by atoms with Crippen LogP contribution in [0, 0.1) is 18.8 Å². The second-order valence-electron chi connectivity index (χ2n) is 8.11. The Morgan fingerprint density at radius 1 is 1.12 bits per heavy atom. The van der Waals surface area contributed by atoms with Crippen LogP contribution in [-0.4, -0.2) is 42.5 Å². The van der Waals surface area contributed by atoms with Crippen LogP contribution in [0.1, 0.15) is 51.2 Å². The predicted octanol–water partition coefficient (Wildman–Crippen LogP) is 3.29. The molecule has 5 nitrogen and oxygen atoms in total. The molecule has 1 aromatic rings. The standard InChI is InChI=1S/C21H33N3O2/c1-14(2)10-11-22-20(25)19-13-24(21(26)23-15(3)4)12-18(19)17-8-6-16(5)7-9-17/h6-9,14-15,18-19H,10-13H2,1-5H3,(H,22,25)(H,23,26). The Labute approximate surface area is 157 Å². The molecular formula is C21H33N3O2. The van der Waals surface area contributed by atoms with Crippen molar-refractivity contribution in [1.29, 1.82) is 0 Å². The van der Waals surface area contributed by atoms with E-state index in [4.69, 9.17) is 0 Å². The van der Waals surface area contributed by atoms with Crippen LogP contribution in [0.25, 0.3) is 0 Å². The smallest absolute Gasteiger partial charge is 0.317 e. The summed E-state index contributed by atoms with van der Waals surface area (Å²) in [6, 6.07) is 8.30. The second-order valence-corrected chi connectivity index (χ2v) is 8.11. The first-order valence-electron chi connectivity index (χ1n) is 9.67. The minimum Gasteiger partial charge on any atom is -0.356 e. The summed E-state index contributed by atoms with van der Waals surface area (Å²) in [7, 11) is 0. The number of likely N-dealkylation sites (tertiary alicyclic amines) is 1. The lowest BCUT2D eigenvalue weighted by atomic mass is 9.88. The highest BCUT2D eigenvalue weighted by Gasteiger charge is 2.40. The van der Waals surface area contributed by atoms with Crippen molar-refractivity contribution in [3.63, 3.8) is 0 Å². The average molecular weight is 360 g/mol. The van der Waals surface area contributed by atoms with E-state index in [1.807, 2.05) is 13.8 Å². The van der Waals surface area contributed by atoms with E-state index in [-0.39, 0.29) is 29.8 Å². The van der Waals surface area contributed by atoms with E-state index >= 15 is 0 Å². The minimum atomic E-state index is -0.206. The Kier molecular flexibility index (Phi) is 7.06. The van der Waals surface area contributed by atoms with Crippen LogP contribution in [0.3, 0.4) is 0 Å². The number of nitrogens with one attached hydrogen (secondary N) is 2. The summed E-state index contributed by atoms with van der Waals surface area (Å²) in [6.07, 6.45) is 0.964. The SMILES string of the molecule is Cc1ccc(C2CN(C(=O)NC(C)C)CC2C(=O)NCCC(C)C)cc1. The Hall–Kier alpha value is -2.04. The lowest BCUT2D eigenvalue weighted by Gasteiger charge is -2.19. The van der Waals surface area contributed by atoms with E-state index in [9.17, 15) is 9.59 Å². The molecule has 0 spiro atoms. The zero-order valence-corrected chi connectivity index (χ0v) is 16.7. The molecule has 3 amide bonds. The van der Waals surface area contributed by atoms with Crippen LogP contribution in [0.2, 0.25) is 0 Å². The molecule has 26 heavy (non-hydrogen) atoms. The summed E-state index contributed by atoms with van der Waals surface area (Å²) in [5.74, 6) is 0.437. The molecule has 0 aliphatic carbocycles. The first-order chi connectivity index (χ1) is 12.3. The maximum atomic E-state index is 12.8. The number of nitrogens with zero attached hydrogens (tertiary/aromatic N) is 1. The highest BCUT2D eigenvalue weighted by atomic mass is 16.2. The van der Waals surface area contributed by atoms with Crippen molar-refractivity contribution in [2.45, 2.75) is 53.0 Å². The first kappa shape index (κ1) is 20.3. The monoisotopic (exact) mass is 359 g/mol. The van der Waals surface area contributed by atoms with Gasteiger partial charge in [-0.05, 0) is 38.7 Å². The van der Waals surface area contributed by atoms with Gasteiger partial charge in [0.25, 0.3) is 0 Å². The Morgan fingerprint density at radius 3 is 2.35 bits per heavy atom. The Balaban J connectivity index is 2.13.